The molecule has 0 bridgehead atoms. The first-order valence-electron chi connectivity index (χ1n) is 22.7. The summed E-state index contributed by atoms with van der Waals surface area (Å²) in [5.41, 5.74) is 0. The third-order valence-electron chi connectivity index (χ3n) is 10.8. The van der Waals surface area contributed by atoms with E-state index in [0.717, 1.165) is 38.5 Å². The molecule has 7 heteroatoms. The zero-order valence-electron chi connectivity index (χ0n) is 34.3. The average Bonchev–Trinajstić information content (AvgIpc) is 3.09. The molecule has 51 heavy (non-hydrogen) atoms. The molecular formula is C44H89NO5S. The van der Waals surface area contributed by atoms with Crippen molar-refractivity contribution in [2.45, 2.75) is 270 Å². The van der Waals surface area contributed by atoms with Crippen LogP contribution in [0.15, 0.2) is 0 Å². The Bertz CT molecular complexity index is 820. The maximum Gasteiger partial charge on any atom is 0.266 e. The summed E-state index contributed by atoms with van der Waals surface area (Å²) in [7, 11) is -4.30. The fourth-order valence-electron chi connectivity index (χ4n) is 7.40. The van der Waals surface area contributed by atoms with Crippen LogP contribution in [-0.4, -0.2) is 41.9 Å². The Morgan fingerprint density at radius 3 is 0.980 bits per heavy atom. The van der Waals surface area contributed by atoms with E-state index < -0.39 is 28.0 Å². The zero-order valence-corrected chi connectivity index (χ0v) is 35.1. The van der Waals surface area contributed by atoms with Crippen molar-refractivity contribution in [3.05, 3.63) is 0 Å². The normalized spacial score (nSPS) is 13.1. The molecule has 0 fully saturated rings. The van der Waals surface area contributed by atoms with Crippen LogP contribution in [0.3, 0.4) is 0 Å². The van der Waals surface area contributed by atoms with E-state index in [-0.39, 0.29) is 5.91 Å². The van der Waals surface area contributed by atoms with Gasteiger partial charge < -0.3 is 10.4 Å². The monoisotopic (exact) mass is 744 g/mol. The van der Waals surface area contributed by atoms with Crippen LogP contribution in [0.4, 0.5) is 0 Å². The Morgan fingerprint density at radius 2 is 0.706 bits per heavy atom. The number of aliphatic hydroxyl groups excluding tert-OH is 1. The van der Waals surface area contributed by atoms with Crippen molar-refractivity contribution in [2.75, 3.05) is 5.75 Å². The number of hydrogen-bond donors (Lipinski definition) is 3. The van der Waals surface area contributed by atoms with E-state index in [1.807, 2.05) is 0 Å². The lowest BCUT2D eigenvalue weighted by Crippen LogP contribution is -2.47. The second kappa shape index (κ2) is 39.0. The minimum atomic E-state index is -4.30. The van der Waals surface area contributed by atoms with E-state index in [0.29, 0.717) is 12.8 Å². The zero-order chi connectivity index (χ0) is 37.5. The molecule has 0 heterocycles. The quantitative estimate of drug-likeness (QED) is 0.0426. The van der Waals surface area contributed by atoms with Gasteiger partial charge in [-0.3, -0.25) is 9.35 Å². The van der Waals surface area contributed by atoms with Crippen LogP contribution in [0.1, 0.15) is 258 Å². The van der Waals surface area contributed by atoms with E-state index >= 15 is 0 Å². The highest BCUT2D eigenvalue weighted by Gasteiger charge is 2.26. The topological polar surface area (TPSA) is 104 Å². The third kappa shape index (κ3) is 40.4. The first kappa shape index (κ1) is 50.3. The summed E-state index contributed by atoms with van der Waals surface area (Å²) in [4.78, 5) is 12.6. The molecule has 0 saturated heterocycles. The van der Waals surface area contributed by atoms with Gasteiger partial charge in [0.05, 0.1) is 17.9 Å². The second-order valence-corrected chi connectivity index (χ2v) is 17.5. The SMILES string of the molecule is CCCCCCCCCCCCCCCCCCCCCCC(=O)NC(CS(=O)(=O)O)C(O)CCCCCCCCCCCCCCCCCC. The van der Waals surface area contributed by atoms with Crippen LogP contribution < -0.4 is 5.32 Å². The molecule has 0 radical (unpaired) electrons. The molecule has 0 aliphatic rings. The first-order chi connectivity index (χ1) is 24.8. The van der Waals surface area contributed by atoms with Crippen LogP contribution in [0.2, 0.25) is 0 Å². The molecule has 0 saturated carbocycles. The number of amides is 1. The summed E-state index contributed by atoms with van der Waals surface area (Å²) in [6.45, 7) is 4.55. The summed E-state index contributed by atoms with van der Waals surface area (Å²) in [5.74, 6) is -0.880. The van der Waals surface area contributed by atoms with Gasteiger partial charge >= 0.3 is 0 Å². The number of carbonyl (C=O) groups is 1. The van der Waals surface area contributed by atoms with Gasteiger partial charge in [0.25, 0.3) is 10.1 Å². The fourth-order valence-corrected chi connectivity index (χ4v) is 8.16. The highest BCUT2D eigenvalue weighted by Crippen LogP contribution is 2.17. The lowest BCUT2D eigenvalue weighted by atomic mass is 10.0. The van der Waals surface area contributed by atoms with E-state index in [9.17, 15) is 22.9 Å². The van der Waals surface area contributed by atoms with Gasteiger partial charge in [0, 0.05) is 6.42 Å². The van der Waals surface area contributed by atoms with Crippen LogP contribution in [0, 0.1) is 0 Å². The maximum absolute atomic E-state index is 12.6. The molecule has 2 atom stereocenters. The number of aliphatic hydroxyl groups is 1. The summed E-state index contributed by atoms with van der Waals surface area (Å²) in [5, 5.41) is 13.4. The van der Waals surface area contributed by atoms with Gasteiger partial charge in [0.15, 0.2) is 0 Å². The minimum Gasteiger partial charge on any atom is -0.391 e. The van der Waals surface area contributed by atoms with Crippen LogP contribution in [0.25, 0.3) is 0 Å². The first-order valence-corrected chi connectivity index (χ1v) is 24.3. The predicted octanol–water partition coefficient (Wildman–Crippen LogP) is 13.6. The molecule has 0 aromatic carbocycles. The molecule has 3 N–H and O–H groups in total. The lowest BCUT2D eigenvalue weighted by Gasteiger charge is -2.23. The minimum absolute atomic E-state index is 0.239. The molecular weight excluding hydrogens is 655 g/mol. The fraction of sp³-hybridized carbons (Fsp3) is 0.977. The highest BCUT2D eigenvalue weighted by molar-refractivity contribution is 7.85. The summed E-state index contributed by atoms with van der Waals surface area (Å²) >= 11 is 0. The van der Waals surface area contributed by atoms with Gasteiger partial charge in [-0.05, 0) is 12.8 Å². The van der Waals surface area contributed by atoms with Crippen LogP contribution in [-0.2, 0) is 14.9 Å². The van der Waals surface area contributed by atoms with Gasteiger partial charge in [-0.25, -0.2) is 0 Å². The average molecular weight is 744 g/mol. The predicted molar refractivity (Wildman–Crippen MR) is 221 cm³/mol. The lowest BCUT2D eigenvalue weighted by molar-refractivity contribution is -0.122. The number of rotatable bonds is 42. The molecule has 0 rings (SSSR count). The number of nitrogens with one attached hydrogen (secondary N) is 1. The molecule has 6 nitrogen and oxygen atoms in total. The highest BCUT2D eigenvalue weighted by atomic mass is 32.2. The van der Waals surface area contributed by atoms with Gasteiger partial charge in [-0.1, -0.05) is 239 Å². The van der Waals surface area contributed by atoms with E-state index in [4.69, 9.17) is 0 Å². The van der Waals surface area contributed by atoms with Crippen molar-refractivity contribution in [1.29, 1.82) is 0 Å². The molecule has 0 spiro atoms. The van der Waals surface area contributed by atoms with Crippen molar-refractivity contribution in [3.8, 4) is 0 Å². The molecule has 306 valence electrons. The van der Waals surface area contributed by atoms with E-state index in [1.165, 1.54) is 193 Å². The third-order valence-corrected chi connectivity index (χ3v) is 11.6. The molecule has 0 aliphatic carbocycles. The van der Waals surface area contributed by atoms with E-state index in [1.54, 1.807) is 0 Å². The Balaban J connectivity index is 3.75. The smallest absolute Gasteiger partial charge is 0.266 e. The number of carbonyl (C=O) groups excluding carboxylic acids is 1. The number of hydrogen-bond acceptors (Lipinski definition) is 4. The van der Waals surface area contributed by atoms with Crippen LogP contribution in [0.5, 0.6) is 0 Å². The Hall–Kier alpha value is -0.660. The Labute approximate surface area is 319 Å². The summed E-state index contributed by atoms with van der Waals surface area (Å²) in [6.07, 6.45) is 46.3. The largest absolute Gasteiger partial charge is 0.391 e. The second-order valence-electron chi connectivity index (χ2n) is 16.0. The molecule has 0 aromatic rings. The summed E-state index contributed by atoms with van der Waals surface area (Å²) < 4.78 is 32.6. The Kier molecular flexibility index (Phi) is 38.5. The van der Waals surface area contributed by atoms with E-state index in [2.05, 4.69) is 19.2 Å². The summed E-state index contributed by atoms with van der Waals surface area (Å²) in [6, 6.07) is -0.964. The van der Waals surface area contributed by atoms with Crippen molar-refractivity contribution < 1.29 is 22.9 Å². The molecule has 0 aromatic heterocycles. The number of unbranched alkanes of at least 4 members (excludes halogenated alkanes) is 34. The van der Waals surface area contributed by atoms with Crippen molar-refractivity contribution in [2.24, 2.45) is 0 Å². The van der Waals surface area contributed by atoms with Crippen molar-refractivity contribution in [3.63, 3.8) is 0 Å². The van der Waals surface area contributed by atoms with Crippen LogP contribution >= 0.6 is 0 Å². The standard InChI is InChI=1S/C44H89NO5S/c1-3-5-7-9-11-13-15-17-19-21-22-23-24-26-28-30-32-34-36-38-40-44(47)45-42(41-51(48,49)50)43(46)39-37-35-33-31-29-27-25-20-18-16-14-12-10-8-6-4-2/h42-43,46H,3-41H2,1-2H3,(H,45,47)(H,48,49,50). The Morgan fingerprint density at radius 1 is 0.451 bits per heavy atom. The van der Waals surface area contributed by atoms with Gasteiger partial charge in [0.2, 0.25) is 5.91 Å². The molecule has 1 amide bonds. The molecule has 0 aliphatic heterocycles. The van der Waals surface area contributed by atoms with Gasteiger partial charge in [-0.2, -0.15) is 8.42 Å². The molecule has 2 unspecified atom stereocenters. The van der Waals surface area contributed by atoms with Gasteiger partial charge in [0.1, 0.15) is 0 Å². The van der Waals surface area contributed by atoms with Crippen molar-refractivity contribution >= 4 is 16.0 Å². The van der Waals surface area contributed by atoms with Gasteiger partial charge in [-0.15, -0.1) is 0 Å². The maximum atomic E-state index is 12.6. The van der Waals surface area contributed by atoms with Crippen molar-refractivity contribution in [1.82, 2.24) is 5.32 Å².